The number of nitrogens with one attached hydrogen (secondary N) is 1. The van der Waals surface area contributed by atoms with Gasteiger partial charge in [0.1, 0.15) is 5.60 Å². The molecule has 0 fully saturated rings. The second kappa shape index (κ2) is 7.52. The first-order chi connectivity index (χ1) is 12.6. The normalized spacial score (nSPS) is 14.7. The van der Waals surface area contributed by atoms with Crippen molar-refractivity contribution in [3.05, 3.63) is 51.3 Å². The van der Waals surface area contributed by atoms with Gasteiger partial charge in [-0.25, -0.2) is 14.8 Å². The van der Waals surface area contributed by atoms with Gasteiger partial charge in [0.25, 0.3) is 0 Å². The summed E-state index contributed by atoms with van der Waals surface area (Å²) in [6.07, 6.45) is 1.39. The lowest BCUT2D eigenvalue weighted by molar-refractivity contribution is 0.0240. The number of carbonyl (C=O) groups excluding carboxylic acids is 1. The molecule has 3 rings (SSSR count). The maximum Gasteiger partial charge on any atom is 0.410 e. The molecule has 1 aliphatic heterocycles. The van der Waals surface area contributed by atoms with Crippen molar-refractivity contribution in [3.8, 4) is 0 Å². The van der Waals surface area contributed by atoms with Gasteiger partial charge in [0.2, 0.25) is 5.95 Å². The van der Waals surface area contributed by atoms with Crippen LogP contribution in [0.25, 0.3) is 0 Å². The summed E-state index contributed by atoms with van der Waals surface area (Å²) in [5, 5.41) is 4.41. The number of halogens is 2. The Kier molecular flexibility index (Phi) is 5.49. The van der Waals surface area contributed by atoms with Crippen LogP contribution in [0.15, 0.2) is 24.4 Å². The van der Waals surface area contributed by atoms with Gasteiger partial charge in [0.05, 0.1) is 24.8 Å². The van der Waals surface area contributed by atoms with Gasteiger partial charge in [0, 0.05) is 21.8 Å². The fourth-order valence-corrected chi connectivity index (χ4v) is 3.32. The molecule has 1 aliphatic rings. The Morgan fingerprint density at radius 3 is 2.52 bits per heavy atom. The number of aromatic nitrogens is 2. The molecule has 1 aromatic heterocycles. The standard InChI is InChI=1S/C19H22Cl2N4O2/c1-11(12-5-14(20)7-15(21)6-12)23-17-22-8-13-9-25(10-16(13)24-17)18(26)27-19(2,3)4/h5-8,11H,9-10H2,1-4H3,(H,22,23,24). The molecule has 0 saturated carbocycles. The van der Waals surface area contributed by atoms with Crippen LogP contribution >= 0.6 is 23.2 Å². The number of nitrogens with zero attached hydrogens (tertiary/aromatic N) is 3. The third-order valence-corrected chi connectivity index (χ3v) is 4.47. The van der Waals surface area contributed by atoms with Gasteiger partial charge in [-0.1, -0.05) is 23.2 Å². The molecule has 0 bridgehead atoms. The Labute approximate surface area is 168 Å². The topological polar surface area (TPSA) is 67.4 Å². The molecule has 6 nitrogen and oxygen atoms in total. The van der Waals surface area contributed by atoms with Crippen molar-refractivity contribution < 1.29 is 9.53 Å². The van der Waals surface area contributed by atoms with E-state index in [1.807, 2.05) is 39.8 Å². The summed E-state index contributed by atoms with van der Waals surface area (Å²) in [6, 6.07) is 5.31. The average molecular weight is 409 g/mol. The van der Waals surface area contributed by atoms with Gasteiger partial charge in [-0.15, -0.1) is 0 Å². The highest BCUT2D eigenvalue weighted by atomic mass is 35.5. The summed E-state index contributed by atoms with van der Waals surface area (Å²) < 4.78 is 5.43. The summed E-state index contributed by atoms with van der Waals surface area (Å²) in [4.78, 5) is 22.8. The molecule has 1 N–H and O–H groups in total. The van der Waals surface area contributed by atoms with E-state index in [0.29, 0.717) is 29.1 Å². The summed E-state index contributed by atoms with van der Waals surface area (Å²) in [7, 11) is 0. The molecular weight excluding hydrogens is 387 g/mol. The quantitative estimate of drug-likeness (QED) is 0.754. The van der Waals surface area contributed by atoms with E-state index < -0.39 is 5.60 Å². The Hall–Kier alpha value is -2.05. The molecule has 27 heavy (non-hydrogen) atoms. The Balaban J connectivity index is 1.69. The molecule has 1 unspecified atom stereocenters. The Morgan fingerprint density at radius 2 is 1.89 bits per heavy atom. The molecule has 0 aliphatic carbocycles. The molecule has 1 aromatic carbocycles. The van der Waals surface area contributed by atoms with Crippen molar-refractivity contribution in [1.82, 2.24) is 14.9 Å². The predicted molar refractivity (Wildman–Crippen MR) is 106 cm³/mol. The molecular formula is C19H22Cl2N4O2. The Morgan fingerprint density at radius 1 is 1.22 bits per heavy atom. The van der Waals surface area contributed by atoms with Crippen molar-refractivity contribution in [1.29, 1.82) is 0 Å². The number of amides is 1. The number of rotatable bonds is 3. The zero-order chi connectivity index (χ0) is 19.8. The largest absolute Gasteiger partial charge is 0.444 e. The van der Waals surface area contributed by atoms with Crippen LogP contribution in [0.2, 0.25) is 10.0 Å². The van der Waals surface area contributed by atoms with E-state index in [2.05, 4.69) is 15.3 Å². The molecule has 0 spiro atoms. The van der Waals surface area contributed by atoms with Crippen molar-refractivity contribution >= 4 is 35.2 Å². The first-order valence-corrected chi connectivity index (χ1v) is 9.41. The van der Waals surface area contributed by atoms with E-state index in [1.54, 1.807) is 17.2 Å². The van der Waals surface area contributed by atoms with Crippen LogP contribution < -0.4 is 5.32 Å². The SMILES string of the molecule is CC(Nc1ncc2c(n1)CN(C(=O)OC(C)(C)C)C2)c1cc(Cl)cc(Cl)c1. The van der Waals surface area contributed by atoms with Crippen LogP contribution in [0.5, 0.6) is 0 Å². The lowest BCUT2D eigenvalue weighted by atomic mass is 10.1. The fraction of sp³-hybridized carbons (Fsp3) is 0.421. The Bertz CT molecular complexity index is 847. The smallest absolute Gasteiger partial charge is 0.410 e. The van der Waals surface area contributed by atoms with Gasteiger partial charge in [-0.3, -0.25) is 4.90 Å². The molecule has 144 valence electrons. The number of benzene rings is 1. The van der Waals surface area contributed by atoms with E-state index in [9.17, 15) is 4.79 Å². The maximum atomic E-state index is 12.3. The zero-order valence-electron chi connectivity index (χ0n) is 15.7. The summed E-state index contributed by atoms with van der Waals surface area (Å²) in [5.41, 5.74) is 2.14. The van der Waals surface area contributed by atoms with Crippen molar-refractivity contribution in [2.75, 3.05) is 5.32 Å². The minimum atomic E-state index is -0.530. The summed E-state index contributed by atoms with van der Waals surface area (Å²) in [5.74, 6) is 0.489. The number of hydrogen-bond donors (Lipinski definition) is 1. The highest BCUT2D eigenvalue weighted by molar-refractivity contribution is 6.34. The van der Waals surface area contributed by atoms with Crippen LogP contribution in [0.4, 0.5) is 10.7 Å². The second-order valence-electron chi connectivity index (χ2n) is 7.57. The van der Waals surface area contributed by atoms with Gasteiger partial charge in [-0.05, 0) is 51.5 Å². The molecule has 1 amide bonds. The molecule has 2 aromatic rings. The van der Waals surface area contributed by atoms with Crippen molar-refractivity contribution in [2.24, 2.45) is 0 Å². The minimum absolute atomic E-state index is 0.0809. The van der Waals surface area contributed by atoms with Gasteiger partial charge < -0.3 is 10.1 Å². The van der Waals surface area contributed by atoms with Crippen LogP contribution in [0.1, 0.15) is 50.6 Å². The fourth-order valence-electron chi connectivity index (χ4n) is 2.78. The van der Waals surface area contributed by atoms with Crippen molar-refractivity contribution in [2.45, 2.75) is 52.4 Å². The molecule has 0 saturated heterocycles. The highest BCUT2D eigenvalue weighted by Crippen LogP contribution is 2.27. The number of carbonyl (C=O) groups is 1. The van der Waals surface area contributed by atoms with Crippen LogP contribution in [0.3, 0.4) is 0 Å². The van der Waals surface area contributed by atoms with E-state index in [1.165, 1.54) is 0 Å². The first-order valence-electron chi connectivity index (χ1n) is 8.66. The van der Waals surface area contributed by atoms with Crippen LogP contribution in [-0.4, -0.2) is 26.6 Å². The third-order valence-electron chi connectivity index (χ3n) is 4.04. The highest BCUT2D eigenvalue weighted by Gasteiger charge is 2.29. The van der Waals surface area contributed by atoms with E-state index in [0.717, 1.165) is 16.8 Å². The lowest BCUT2D eigenvalue weighted by Gasteiger charge is -2.23. The van der Waals surface area contributed by atoms with Gasteiger partial charge in [0.15, 0.2) is 0 Å². The molecule has 2 heterocycles. The number of ether oxygens (including phenoxy) is 1. The van der Waals surface area contributed by atoms with Crippen molar-refractivity contribution in [3.63, 3.8) is 0 Å². The number of anilines is 1. The molecule has 1 atom stereocenters. The van der Waals surface area contributed by atoms with Gasteiger partial charge >= 0.3 is 6.09 Å². The predicted octanol–water partition coefficient (Wildman–Crippen LogP) is 5.21. The summed E-state index contributed by atoms with van der Waals surface area (Å²) >= 11 is 12.1. The van der Waals surface area contributed by atoms with Crippen LogP contribution in [-0.2, 0) is 17.8 Å². The second-order valence-corrected chi connectivity index (χ2v) is 8.44. The van der Waals surface area contributed by atoms with E-state index in [4.69, 9.17) is 27.9 Å². The van der Waals surface area contributed by atoms with Crippen LogP contribution in [0, 0.1) is 0 Å². The van der Waals surface area contributed by atoms with E-state index in [-0.39, 0.29) is 12.1 Å². The van der Waals surface area contributed by atoms with E-state index >= 15 is 0 Å². The molecule has 8 heteroatoms. The monoisotopic (exact) mass is 408 g/mol. The van der Waals surface area contributed by atoms with Gasteiger partial charge in [-0.2, -0.15) is 0 Å². The number of fused-ring (bicyclic) bond motifs is 1. The number of hydrogen-bond acceptors (Lipinski definition) is 5. The third kappa shape index (κ3) is 5.02. The minimum Gasteiger partial charge on any atom is -0.444 e. The lowest BCUT2D eigenvalue weighted by Crippen LogP contribution is -2.33. The average Bonchev–Trinajstić information content (AvgIpc) is 2.95. The first kappa shape index (κ1) is 19.7. The maximum absolute atomic E-state index is 12.3. The molecule has 0 radical (unpaired) electrons. The zero-order valence-corrected chi connectivity index (χ0v) is 17.2. The summed E-state index contributed by atoms with van der Waals surface area (Å²) in [6.45, 7) is 8.37.